The Morgan fingerprint density at radius 2 is 1.94 bits per heavy atom. The van der Waals surface area contributed by atoms with E-state index in [-0.39, 0.29) is 18.1 Å². The van der Waals surface area contributed by atoms with Gasteiger partial charge in [0.05, 0.1) is 6.10 Å². The predicted molar refractivity (Wildman–Crippen MR) is 63.0 cm³/mol. The first-order chi connectivity index (χ1) is 8.26. The molecule has 0 aromatic heterocycles. The average Bonchev–Trinajstić information content (AvgIpc) is 2.31. The van der Waals surface area contributed by atoms with E-state index in [0.717, 1.165) is 24.1 Å². The minimum atomic E-state index is -0.169. The first kappa shape index (κ1) is 10.7. The molecule has 0 saturated carbocycles. The predicted octanol–water partition coefficient (Wildman–Crippen LogP) is 0.645. The molecule has 1 amide bonds. The zero-order valence-corrected chi connectivity index (χ0v) is 9.63. The van der Waals surface area contributed by atoms with Crippen molar-refractivity contribution >= 4 is 5.91 Å². The summed E-state index contributed by atoms with van der Waals surface area (Å²) in [6.45, 7) is 1.97. The Balaban J connectivity index is 1.67. The topological polar surface area (TPSA) is 55.6 Å². The third kappa shape index (κ3) is 1.94. The minimum absolute atomic E-state index is 0.135. The molecule has 3 aliphatic rings. The van der Waals surface area contributed by atoms with Crippen molar-refractivity contribution < 1.29 is 9.53 Å². The number of nitrogens with zero attached hydrogens (tertiary/aromatic N) is 1. The van der Waals surface area contributed by atoms with Gasteiger partial charge in [-0.25, -0.2) is 0 Å². The highest BCUT2D eigenvalue weighted by atomic mass is 16.5. The van der Waals surface area contributed by atoms with Gasteiger partial charge in [-0.3, -0.25) is 4.79 Å². The lowest BCUT2D eigenvalue weighted by Gasteiger charge is -2.46. The fourth-order valence-electron chi connectivity index (χ4n) is 2.42. The van der Waals surface area contributed by atoms with E-state index < -0.39 is 0 Å². The summed E-state index contributed by atoms with van der Waals surface area (Å²) in [6, 6.07) is 8.11. The zero-order chi connectivity index (χ0) is 11.8. The van der Waals surface area contributed by atoms with Crippen molar-refractivity contribution in [1.82, 2.24) is 4.90 Å². The molecule has 0 aliphatic carbocycles. The van der Waals surface area contributed by atoms with Crippen LogP contribution in [-0.2, 0) is 22.6 Å². The molecule has 3 saturated heterocycles. The maximum Gasteiger partial charge on any atom is 0.252 e. The number of nitrogens with two attached hydrogens (primary N) is 1. The van der Waals surface area contributed by atoms with Crippen LogP contribution in [0.5, 0.6) is 0 Å². The van der Waals surface area contributed by atoms with Crippen LogP contribution in [0.25, 0.3) is 0 Å². The van der Waals surface area contributed by atoms with E-state index in [4.69, 9.17) is 10.5 Å². The standard InChI is InChI=1S/C13H16N2O2/c14-6-9-1-3-10(4-2-9)7-15-8-11-5-12(17-11)13(15)16/h1-4,11-12H,5-8,14H2. The van der Waals surface area contributed by atoms with Gasteiger partial charge in [0.15, 0.2) is 0 Å². The number of piperidine rings is 1. The molecule has 2 N–H and O–H groups in total. The van der Waals surface area contributed by atoms with Crippen LogP contribution in [0.3, 0.4) is 0 Å². The maximum absolute atomic E-state index is 11.9. The van der Waals surface area contributed by atoms with E-state index in [1.165, 1.54) is 0 Å². The van der Waals surface area contributed by atoms with Crippen molar-refractivity contribution in [2.45, 2.75) is 31.7 Å². The van der Waals surface area contributed by atoms with Crippen LogP contribution in [0.4, 0.5) is 0 Å². The molecular formula is C13H16N2O2. The van der Waals surface area contributed by atoms with Crippen LogP contribution in [-0.4, -0.2) is 29.6 Å². The Hall–Kier alpha value is -1.39. The Bertz CT molecular complexity index is 424. The highest BCUT2D eigenvalue weighted by Gasteiger charge is 2.44. The second kappa shape index (κ2) is 4.13. The van der Waals surface area contributed by atoms with Crippen molar-refractivity contribution in [2.75, 3.05) is 6.54 Å². The molecule has 2 unspecified atom stereocenters. The van der Waals surface area contributed by atoms with Crippen LogP contribution in [0.15, 0.2) is 24.3 Å². The first-order valence-electron chi connectivity index (χ1n) is 5.98. The molecule has 1 aromatic carbocycles. The van der Waals surface area contributed by atoms with Crippen molar-refractivity contribution in [1.29, 1.82) is 0 Å². The number of fused-ring (bicyclic) bond motifs is 2. The SMILES string of the molecule is NCc1ccc(CN2CC3CC(O3)C2=O)cc1. The van der Waals surface area contributed by atoms with Gasteiger partial charge >= 0.3 is 0 Å². The van der Waals surface area contributed by atoms with Crippen LogP contribution in [0, 0.1) is 0 Å². The molecule has 2 bridgehead atoms. The second-order valence-corrected chi connectivity index (χ2v) is 4.72. The van der Waals surface area contributed by atoms with Gasteiger partial charge < -0.3 is 15.4 Å². The summed E-state index contributed by atoms with van der Waals surface area (Å²) >= 11 is 0. The smallest absolute Gasteiger partial charge is 0.252 e. The number of amides is 1. The summed E-state index contributed by atoms with van der Waals surface area (Å²) in [6.07, 6.45) is 1.000. The van der Waals surface area contributed by atoms with Crippen LogP contribution in [0.1, 0.15) is 17.5 Å². The molecule has 17 heavy (non-hydrogen) atoms. The molecule has 3 heterocycles. The molecule has 4 rings (SSSR count). The number of benzene rings is 1. The van der Waals surface area contributed by atoms with Gasteiger partial charge in [-0.1, -0.05) is 24.3 Å². The highest BCUT2D eigenvalue weighted by Crippen LogP contribution is 2.29. The Morgan fingerprint density at radius 1 is 1.29 bits per heavy atom. The Labute approximate surface area is 100 Å². The molecule has 2 atom stereocenters. The average molecular weight is 232 g/mol. The maximum atomic E-state index is 11.9. The van der Waals surface area contributed by atoms with Gasteiger partial charge in [-0.2, -0.15) is 0 Å². The molecule has 4 heteroatoms. The van der Waals surface area contributed by atoms with Gasteiger partial charge in [-0.15, -0.1) is 0 Å². The van der Waals surface area contributed by atoms with Crippen molar-refractivity contribution in [2.24, 2.45) is 5.73 Å². The normalized spacial score (nSPS) is 26.9. The van der Waals surface area contributed by atoms with E-state index in [1.807, 2.05) is 29.2 Å². The monoisotopic (exact) mass is 232 g/mol. The molecule has 3 fully saturated rings. The van der Waals surface area contributed by atoms with E-state index in [0.29, 0.717) is 13.1 Å². The number of hydrogen-bond acceptors (Lipinski definition) is 3. The molecule has 4 nitrogen and oxygen atoms in total. The molecule has 3 aliphatic heterocycles. The highest BCUT2D eigenvalue weighted by molar-refractivity contribution is 5.83. The molecule has 90 valence electrons. The summed E-state index contributed by atoms with van der Waals surface area (Å²) in [5.74, 6) is 0.135. The van der Waals surface area contributed by atoms with Crippen LogP contribution in [0.2, 0.25) is 0 Å². The lowest BCUT2D eigenvalue weighted by Crippen LogP contribution is -2.60. The lowest BCUT2D eigenvalue weighted by atomic mass is 9.97. The first-order valence-corrected chi connectivity index (χ1v) is 5.98. The lowest BCUT2D eigenvalue weighted by molar-refractivity contribution is -0.199. The largest absolute Gasteiger partial charge is 0.363 e. The summed E-state index contributed by atoms with van der Waals surface area (Å²) in [5.41, 5.74) is 7.81. The van der Waals surface area contributed by atoms with Crippen molar-refractivity contribution in [3.63, 3.8) is 0 Å². The zero-order valence-electron chi connectivity index (χ0n) is 9.63. The van der Waals surface area contributed by atoms with Crippen LogP contribution >= 0.6 is 0 Å². The summed E-state index contributed by atoms with van der Waals surface area (Å²) in [5, 5.41) is 0. The summed E-state index contributed by atoms with van der Waals surface area (Å²) < 4.78 is 5.38. The van der Waals surface area contributed by atoms with E-state index in [2.05, 4.69) is 0 Å². The van der Waals surface area contributed by atoms with Gasteiger partial charge in [-0.05, 0) is 11.1 Å². The van der Waals surface area contributed by atoms with Gasteiger partial charge in [0.2, 0.25) is 0 Å². The van der Waals surface area contributed by atoms with Gasteiger partial charge in [0, 0.05) is 26.1 Å². The number of carbonyl (C=O) groups excluding carboxylic acids is 1. The fraction of sp³-hybridized carbons (Fsp3) is 0.462. The molecule has 0 spiro atoms. The number of carbonyl (C=O) groups is 1. The summed E-state index contributed by atoms with van der Waals surface area (Å²) in [7, 11) is 0. The van der Waals surface area contributed by atoms with Gasteiger partial charge in [0.1, 0.15) is 6.10 Å². The van der Waals surface area contributed by atoms with Crippen molar-refractivity contribution in [3.8, 4) is 0 Å². The Kier molecular flexibility index (Phi) is 2.61. The quantitative estimate of drug-likeness (QED) is 0.832. The molecule has 1 aromatic rings. The fourth-order valence-corrected chi connectivity index (χ4v) is 2.42. The molecule has 0 radical (unpaired) electrons. The Morgan fingerprint density at radius 3 is 2.53 bits per heavy atom. The minimum Gasteiger partial charge on any atom is -0.363 e. The third-order valence-corrected chi connectivity index (χ3v) is 3.48. The summed E-state index contributed by atoms with van der Waals surface area (Å²) in [4.78, 5) is 13.8. The number of morpholine rings is 1. The van der Waals surface area contributed by atoms with E-state index in [1.54, 1.807) is 0 Å². The van der Waals surface area contributed by atoms with Gasteiger partial charge in [0.25, 0.3) is 5.91 Å². The number of ether oxygens (including phenoxy) is 1. The van der Waals surface area contributed by atoms with E-state index >= 15 is 0 Å². The van der Waals surface area contributed by atoms with E-state index in [9.17, 15) is 4.79 Å². The van der Waals surface area contributed by atoms with Crippen LogP contribution < -0.4 is 5.73 Å². The number of hydrogen-bond donors (Lipinski definition) is 1. The third-order valence-electron chi connectivity index (χ3n) is 3.48. The van der Waals surface area contributed by atoms with Crippen molar-refractivity contribution in [3.05, 3.63) is 35.4 Å². The second-order valence-electron chi connectivity index (χ2n) is 4.72. The molecular weight excluding hydrogens is 216 g/mol. The number of rotatable bonds is 3.